The van der Waals surface area contributed by atoms with Crippen molar-refractivity contribution in [1.82, 2.24) is 0 Å². The number of rotatable bonds is 10. The van der Waals surface area contributed by atoms with E-state index in [0.717, 1.165) is 83.9 Å². The Labute approximate surface area is 390 Å². The molecule has 0 saturated heterocycles. The van der Waals surface area contributed by atoms with Crippen molar-refractivity contribution < 1.29 is 4.42 Å². The Morgan fingerprint density at radius 3 is 1.24 bits per heavy atom. The van der Waals surface area contributed by atoms with Crippen molar-refractivity contribution in [2.24, 2.45) is 0 Å². The van der Waals surface area contributed by atoms with Gasteiger partial charge in [0.15, 0.2) is 5.58 Å². The molecule has 0 unspecified atom stereocenters. The predicted octanol–water partition coefficient (Wildman–Crippen LogP) is 18.3. The fourth-order valence-electron chi connectivity index (χ4n) is 9.57. The first-order chi connectivity index (χ1) is 33.2. The quantitative estimate of drug-likeness (QED) is 0.137. The van der Waals surface area contributed by atoms with Crippen molar-refractivity contribution >= 4 is 66.8 Å². The summed E-state index contributed by atoms with van der Waals surface area (Å²) in [5.41, 5.74) is 17.0. The lowest BCUT2D eigenvalue weighted by molar-refractivity contribution is 0.669. The molecule has 0 atom stereocenters. The molecule has 12 rings (SSSR count). The summed E-state index contributed by atoms with van der Waals surface area (Å²) in [5, 5.41) is 4.55. The van der Waals surface area contributed by atoms with Crippen LogP contribution in [-0.4, -0.2) is 0 Å². The molecular weight excluding hydrogens is 813 g/mol. The van der Waals surface area contributed by atoms with E-state index in [1.807, 2.05) is 6.07 Å². The van der Waals surface area contributed by atoms with Crippen LogP contribution in [0.5, 0.6) is 0 Å². The molecule has 0 fully saturated rings. The molecule has 11 aromatic carbocycles. The minimum Gasteiger partial charge on any atom is -0.454 e. The van der Waals surface area contributed by atoms with E-state index in [4.69, 9.17) is 4.42 Å². The summed E-state index contributed by atoms with van der Waals surface area (Å²) in [6.45, 7) is 0. The number of furan rings is 1. The number of nitrogens with zero attached hydrogens (tertiary/aromatic N) is 2. The van der Waals surface area contributed by atoms with Crippen LogP contribution in [0.15, 0.2) is 271 Å². The molecular formula is C64H44N2O. The standard InChI is InChI=1S/C64H44N2O/c1-4-16-45(17-5-1)48-30-36-53(37-31-48)65(54-38-32-49(33-39-54)46-18-6-2-7-19-46)56-42-52(59-26-14-23-51-22-10-11-24-58(51)59)43-57(44-56)66(55-40-34-50(35-41-55)47-20-8-3-9-21-47)62-28-15-27-61-60-25-12-13-29-63(60)67-64(61)62/h1-44H. The van der Waals surface area contributed by atoms with Gasteiger partial charge in [0.2, 0.25) is 0 Å². The average Bonchev–Trinajstić information content (AvgIpc) is 3.80. The molecule has 0 radical (unpaired) electrons. The summed E-state index contributed by atoms with van der Waals surface area (Å²) in [7, 11) is 0. The molecule has 0 bridgehead atoms. The molecule has 1 aromatic heterocycles. The highest BCUT2D eigenvalue weighted by Gasteiger charge is 2.23. The SMILES string of the molecule is c1ccc(-c2ccc(N(c3ccc(-c4ccccc4)cc3)c3cc(-c4cccc5ccccc45)cc(N(c4ccc(-c5ccccc5)cc4)c4cccc5c4oc4ccccc45)c3)cc2)cc1. The second kappa shape index (κ2) is 17.2. The van der Waals surface area contributed by atoms with Gasteiger partial charge in [-0.05, 0) is 122 Å². The van der Waals surface area contributed by atoms with Crippen molar-refractivity contribution in [2.75, 3.05) is 9.80 Å². The van der Waals surface area contributed by atoms with Gasteiger partial charge in [0, 0.05) is 39.2 Å². The van der Waals surface area contributed by atoms with Crippen molar-refractivity contribution in [3.63, 3.8) is 0 Å². The third-order valence-electron chi connectivity index (χ3n) is 12.8. The first-order valence-corrected chi connectivity index (χ1v) is 22.8. The molecule has 0 saturated carbocycles. The van der Waals surface area contributed by atoms with Gasteiger partial charge in [-0.1, -0.05) is 200 Å². The number of anilines is 6. The molecule has 0 spiro atoms. The number of hydrogen-bond acceptors (Lipinski definition) is 3. The van der Waals surface area contributed by atoms with E-state index in [1.54, 1.807) is 0 Å². The van der Waals surface area contributed by atoms with Crippen molar-refractivity contribution in [3.05, 3.63) is 267 Å². The van der Waals surface area contributed by atoms with Crippen LogP contribution in [0.2, 0.25) is 0 Å². The molecule has 3 heteroatoms. The highest BCUT2D eigenvalue weighted by atomic mass is 16.3. The molecule has 316 valence electrons. The summed E-state index contributed by atoms with van der Waals surface area (Å²) in [6.07, 6.45) is 0. The van der Waals surface area contributed by atoms with Crippen LogP contribution in [0.4, 0.5) is 34.1 Å². The number of benzene rings is 11. The lowest BCUT2D eigenvalue weighted by atomic mass is 9.96. The van der Waals surface area contributed by atoms with Crippen molar-refractivity contribution in [1.29, 1.82) is 0 Å². The Bertz CT molecular complexity index is 3570. The first-order valence-electron chi connectivity index (χ1n) is 22.8. The van der Waals surface area contributed by atoms with E-state index < -0.39 is 0 Å². The molecule has 0 aliphatic rings. The van der Waals surface area contributed by atoms with Crippen LogP contribution in [0.1, 0.15) is 0 Å². The van der Waals surface area contributed by atoms with Gasteiger partial charge in [-0.2, -0.15) is 0 Å². The molecule has 0 N–H and O–H groups in total. The average molecular weight is 857 g/mol. The molecule has 67 heavy (non-hydrogen) atoms. The van der Waals surface area contributed by atoms with Crippen LogP contribution in [0, 0.1) is 0 Å². The third kappa shape index (κ3) is 7.59. The lowest BCUT2D eigenvalue weighted by Gasteiger charge is -2.30. The fraction of sp³-hybridized carbons (Fsp3) is 0. The van der Waals surface area contributed by atoms with Gasteiger partial charge in [0.05, 0.1) is 5.69 Å². The second-order valence-corrected chi connectivity index (χ2v) is 16.9. The Balaban J connectivity index is 1.11. The van der Waals surface area contributed by atoms with Gasteiger partial charge < -0.3 is 14.2 Å². The summed E-state index contributed by atoms with van der Waals surface area (Å²) in [4.78, 5) is 4.76. The number of para-hydroxylation sites is 2. The Kier molecular flexibility index (Phi) is 10.2. The minimum atomic E-state index is 0.831. The zero-order valence-corrected chi connectivity index (χ0v) is 36.7. The Morgan fingerprint density at radius 2 is 0.672 bits per heavy atom. The zero-order chi connectivity index (χ0) is 44.5. The van der Waals surface area contributed by atoms with Crippen LogP contribution >= 0.6 is 0 Å². The topological polar surface area (TPSA) is 19.6 Å². The van der Waals surface area contributed by atoms with Crippen LogP contribution in [0.25, 0.3) is 77.2 Å². The Hall–Kier alpha value is -8.92. The molecule has 3 nitrogen and oxygen atoms in total. The number of fused-ring (bicyclic) bond motifs is 4. The van der Waals surface area contributed by atoms with Crippen LogP contribution in [0.3, 0.4) is 0 Å². The Morgan fingerprint density at radius 1 is 0.254 bits per heavy atom. The first kappa shape index (κ1) is 39.7. The minimum absolute atomic E-state index is 0.831. The van der Waals surface area contributed by atoms with Crippen molar-refractivity contribution in [2.45, 2.75) is 0 Å². The highest BCUT2D eigenvalue weighted by Crippen LogP contribution is 2.47. The summed E-state index contributed by atoms with van der Waals surface area (Å²) >= 11 is 0. The summed E-state index contributed by atoms with van der Waals surface area (Å²) in [5.74, 6) is 0. The normalized spacial score (nSPS) is 11.3. The smallest absolute Gasteiger partial charge is 0.159 e. The van der Waals surface area contributed by atoms with Gasteiger partial charge >= 0.3 is 0 Å². The van der Waals surface area contributed by atoms with Gasteiger partial charge in [0.25, 0.3) is 0 Å². The maximum atomic E-state index is 6.83. The van der Waals surface area contributed by atoms with E-state index >= 15 is 0 Å². The summed E-state index contributed by atoms with van der Waals surface area (Å²) < 4.78 is 6.83. The monoisotopic (exact) mass is 856 g/mol. The molecule has 1 heterocycles. The van der Waals surface area contributed by atoms with Gasteiger partial charge in [-0.15, -0.1) is 0 Å². The zero-order valence-electron chi connectivity index (χ0n) is 36.7. The molecule has 0 amide bonds. The van der Waals surface area contributed by atoms with E-state index in [-0.39, 0.29) is 0 Å². The highest BCUT2D eigenvalue weighted by molar-refractivity contribution is 6.10. The molecule has 0 aliphatic carbocycles. The van der Waals surface area contributed by atoms with E-state index in [2.05, 4.69) is 271 Å². The van der Waals surface area contributed by atoms with Crippen LogP contribution in [-0.2, 0) is 0 Å². The fourth-order valence-corrected chi connectivity index (χ4v) is 9.57. The number of hydrogen-bond donors (Lipinski definition) is 0. The van der Waals surface area contributed by atoms with Gasteiger partial charge in [-0.3, -0.25) is 0 Å². The molecule has 0 aliphatic heterocycles. The maximum Gasteiger partial charge on any atom is 0.159 e. The maximum absolute atomic E-state index is 6.83. The third-order valence-corrected chi connectivity index (χ3v) is 12.8. The van der Waals surface area contributed by atoms with E-state index in [1.165, 1.54) is 27.5 Å². The summed E-state index contributed by atoms with van der Waals surface area (Å²) in [6, 6.07) is 95.7. The van der Waals surface area contributed by atoms with Crippen LogP contribution < -0.4 is 9.80 Å². The largest absolute Gasteiger partial charge is 0.454 e. The molecule has 12 aromatic rings. The van der Waals surface area contributed by atoms with Gasteiger partial charge in [0.1, 0.15) is 5.58 Å². The predicted molar refractivity (Wildman–Crippen MR) is 282 cm³/mol. The lowest BCUT2D eigenvalue weighted by Crippen LogP contribution is -2.14. The van der Waals surface area contributed by atoms with Crippen molar-refractivity contribution in [3.8, 4) is 44.5 Å². The van der Waals surface area contributed by atoms with E-state index in [9.17, 15) is 0 Å². The van der Waals surface area contributed by atoms with Gasteiger partial charge in [-0.25, -0.2) is 0 Å². The van der Waals surface area contributed by atoms with E-state index in [0.29, 0.717) is 0 Å². The second-order valence-electron chi connectivity index (χ2n) is 16.9.